The molecule has 1 atom stereocenters. The summed E-state index contributed by atoms with van der Waals surface area (Å²) < 4.78 is 10.2. The first-order valence-electron chi connectivity index (χ1n) is 8.59. The van der Waals surface area contributed by atoms with Crippen LogP contribution in [0.4, 0.5) is 0 Å². The second-order valence-corrected chi connectivity index (χ2v) is 7.24. The number of piperazine rings is 1. The Morgan fingerprint density at radius 3 is 2.69 bits per heavy atom. The van der Waals surface area contributed by atoms with Crippen LogP contribution >= 0.6 is 0 Å². The number of ether oxygens (including phenoxy) is 2. The van der Waals surface area contributed by atoms with Gasteiger partial charge in [-0.05, 0) is 23.1 Å². The largest absolute Gasteiger partial charge is 0.484 e. The van der Waals surface area contributed by atoms with Gasteiger partial charge < -0.3 is 19.7 Å². The number of nitrogens with zero attached hydrogens (tertiary/aromatic N) is 1. The average Bonchev–Trinajstić information content (AvgIpc) is 2.60. The van der Waals surface area contributed by atoms with Crippen LogP contribution in [0.15, 0.2) is 24.3 Å². The van der Waals surface area contributed by atoms with E-state index >= 15 is 0 Å². The van der Waals surface area contributed by atoms with Crippen molar-refractivity contribution in [3.8, 4) is 5.75 Å². The molecule has 1 aromatic rings. The van der Waals surface area contributed by atoms with E-state index in [2.05, 4.69) is 30.8 Å². The second-order valence-electron chi connectivity index (χ2n) is 7.24. The number of rotatable bonds is 5. The maximum atomic E-state index is 12.5. The van der Waals surface area contributed by atoms with Gasteiger partial charge in [-0.1, -0.05) is 32.9 Å². The van der Waals surface area contributed by atoms with Gasteiger partial charge in [0.05, 0.1) is 13.5 Å². The summed E-state index contributed by atoms with van der Waals surface area (Å²) in [6.45, 7) is 6.78. The van der Waals surface area contributed by atoms with Crippen molar-refractivity contribution >= 4 is 17.8 Å². The lowest BCUT2D eigenvalue weighted by Crippen LogP contribution is -2.58. The van der Waals surface area contributed by atoms with Gasteiger partial charge in [-0.3, -0.25) is 14.4 Å². The minimum Gasteiger partial charge on any atom is -0.484 e. The van der Waals surface area contributed by atoms with Gasteiger partial charge in [0.1, 0.15) is 11.8 Å². The van der Waals surface area contributed by atoms with E-state index < -0.39 is 12.0 Å². The van der Waals surface area contributed by atoms with E-state index in [1.807, 2.05) is 18.2 Å². The van der Waals surface area contributed by atoms with E-state index in [4.69, 9.17) is 4.74 Å². The van der Waals surface area contributed by atoms with Crippen molar-refractivity contribution in [1.29, 1.82) is 0 Å². The molecular weight excluding hydrogens is 336 g/mol. The third-order valence-electron chi connectivity index (χ3n) is 4.30. The lowest BCUT2D eigenvalue weighted by Gasteiger charge is -2.34. The topological polar surface area (TPSA) is 84.9 Å². The number of carbonyl (C=O) groups is 3. The highest BCUT2D eigenvalue weighted by Crippen LogP contribution is 2.25. The normalized spacial score (nSPS) is 17.5. The minimum atomic E-state index is -0.867. The Bertz CT molecular complexity index is 681. The van der Waals surface area contributed by atoms with Gasteiger partial charge in [-0.15, -0.1) is 0 Å². The molecule has 1 saturated heterocycles. The van der Waals surface area contributed by atoms with Crippen LogP contribution in [0.5, 0.6) is 5.75 Å². The fraction of sp³-hybridized carbons (Fsp3) is 0.526. The van der Waals surface area contributed by atoms with Crippen molar-refractivity contribution in [2.45, 2.75) is 38.6 Å². The molecule has 26 heavy (non-hydrogen) atoms. The molecular formula is C19H26N2O5. The van der Waals surface area contributed by atoms with Crippen LogP contribution in [0, 0.1) is 0 Å². The zero-order chi connectivity index (χ0) is 19.3. The zero-order valence-electron chi connectivity index (χ0n) is 15.7. The van der Waals surface area contributed by atoms with E-state index in [0.29, 0.717) is 18.8 Å². The van der Waals surface area contributed by atoms with Crippen LogP contribution in [0.1, 0.15) is 32.8 Å². The number of hydrogen-bond donors (Lipinski definition) is 1. The van der Waals surface area contributed by atoms with E-state index in [0.717, 1.165) is 5.56 Å². The molecule has 142 valence electrons. The molecule has 2 amide bonds. The molecule has 1 heterocycles. The Morgan fingerprint density at radius 1 is 1.31 bits per heavy atom. The number of nitrogens with one attached hydrogen (secondary N) is 1. The maximum Gasteiger partial charge on any atom is 0.308 e. The van der Waals surface area contributed by atoms with Crippen LogP contribution < -0.4 is 10.1 Å². The SMILES string of the molecule is COC(=O)CC1C(=O)NCCN1C(=O)COc1cccc(C(C)(C)C)c1. The highest BCUT2D eigenvalue weighted by molar-refractivity contribution is 5.92. The summed E-state index contributed by atoms with van der Waals surface area (Å²) in [5.74, 6) is -0.639. The first-order chi connectivity index (χ1) is 12.2. The van der Waals surface area contributed by atoms with Gasteiger partial charge in [0.25, 0.3) is 5.91 Å². The molecule has 1 N–H and O–H groups in total. The van der Waals surface area contributed by atoms with Gasteiger partial charge in [-0.2, -0.15) is 0 Å². The summed E-state index contributed by atoms with van der Waals surface area (Å²) in [6, 6.07) is 6.72. The van der Waals surface area contributed by atoms with Crippen LogP contribution in [0.3, 0.4) is 0 Å². The molecule has 0 saturated carbocycles. The van der Waals surface area contributed by atoms with E-state index in [9.17, 15) is 14.4 Å². The molecule has 1 fully saturated rings. The molecule has 2 rings (SSSR count). The monoisotopic (exact) mass is 362 g/mol. The number of benzene rings is 1. The predicted octanol–water partition coefficient (Wildman–Crippen LogP) is 1.25. The lowest BCUT2D eigenvalue weighted by molar-refractivity contribution is -0.151. The highest BCUT2D eigenvalue weighted by Gasteiger charge is 2.35. The third-order valence-corrected chi connectivity index (χ3v) is 4.30. The molecule has 1 aliphatic rings. The van der Waals surface area contributed by atoms with E-state index in [1.54, 1.807) is 6.07 Å². The number of carbonyl (C=O) groups excluding carboxylic acids is 3. The van der Waals surface area contributed by atoms with Crippen LogP contribution in [0.2, 0.25) is 0 Å². The molecule has 1 unspecified atom stereocenters. The second kappa shape index (κ2) is 8.21. The smallest absolute Gasteiger partial charge is 0.308 e. The number of methoxy groups -OCH3 is 1. The van der Waals surface area contributed by atoms with Crippen molar-refractivity contribution in [3.05, 3.63) is 29.8 Å². The van der Waals surface area contributed by atoms with Crippen molar-refractivity contribution in [2.75, 3.05) is 26.8 Å². The molecule has 1 aliphatic heterocycles. The summed E-state index contributed by atoms with van der Waals surface area (Å²) in [5.41, 5.74) is 1.07. The summed E-state index contributed by atoms with van der Waals surface area (Å²) in [6.07, 6.45) is -0.173. The quantitative estimate of drug-likeness (QED) is 0.797. The predicted molar refractivity (Wildman–Crippen MR) is 95.8 cm³/mol. The summed E-state index contributed by atoms with van der Waals surface area (Å²) >= 11 is 0. The Balaban J connectivity index is 2.03. The third kappa shape index (κ3) is 4.97. The number of hydrogen-bond acceptors (Lipinski definition) is 5. The zero-order valence-corrected chi connectivity index (χ0v) is 15.7. The molecule has 1 aromatic carbocycles. The standard InChI is InChI=1S/C19H26N2O5/c1-19(2,3)13-6-5-7-14(10-13)26-12-16(22)21-9-8-20-18(24)15(21)11-17(23)25-4/h5-7,10,15H,8-9,11-12H2,1-4H3,(H,20,24). The molecule has 0 radical (unpaired) electrons. The van der Waals surface area contributed by atoms with Crippen LogP contribution in [0.25, 0.3) is 0 Å². The van der Waals surface area contributed by atoms with Gasteiger partial charge in [0.15, 0.2) is 6.61 Å². The first kappa shape index (κ1) is 19.8. The fourth-order valence-electron chi connectivity index (χ4n) is 2.74. The fourth-order valence-corrected chi connectivity index (χ4v) is 2.74. The first-order valence-corrected chi connectivity index (χ1v) is 8.59. The van der Waals surface area contributed by atoms with Gasteiger partial charge in [-0.25, -0.2) is 0 Å². The Kier molecular flexibility index (Phi) is 6.23. The lowest BCUT2D eigenvalue weighted by atomic mass is 9.87. The molecule has 0 aromatic heterocycles. The molecule has 0 spiro atoms. The number of esters is 1. The Morgan fingerprint density at radius 2 is 2.04 bits per heavy atom. The van der Waals surface area contributed by atoms with Crippen LogP contribution in [-0.2, 0) is 24.5 Å². The van der Waals surface area contributed by atoms with E-state index in [-0.39, 0.29) is 30.3 Å². The van der Waals surface area contributed by atoms with E-state index in [1.165, 1.54) is 12.0 Å². The Hall–Kier alpha value is -2.57. The summed E-state index contributed by atoms with van der Waals surface area (Å²) in [5, 5.41) is 2.66. The van der Waals surface area contributed by atoms with Crippen LogP contribution in [-0.4, -0.2) is 55.5 Å². The van der Waals surface area contributed by atoms with Gasteiger partial charge >= 0.3 is 5.97 Å². The Labute approximate surface area is 153 Å². The van der Waals surface area contributed by atoms with Crippen molar-refractivity contribution in [3.63, 3.8) is 0 Å². The number of amides is 2. The average molecular weight is 362 g/mol. The maximum absolute atomic E-state index is 12.5. The molecule has 7 nitrogen and oxygen atoms in total. The molecule has 7 heteroatoms. The highest BCUT2D eigenvalue weighted by atomic mass is 16.5. The minimum absolute atomic E-state index is 0.0278. The summed E-state index contributed by atoms with van der Waals surface area (Å²) in [4.78, 5) is 37.5. The summed E-state index contributed by atoms with van der Waals surface area (Å²) in [7, 11) is 1.25. The van der Waals surface area contributed by atoms with Crippen molar-refractivity contribution < 1.29 is 23.9 Å². The van der Waals surface area contributed by atoms with Gasteiger partial charge in [0, 0.05) is 13.1 Å². The molecule has 0 bridgehead atoms. The van der Waals surface area contributed by atoms with Gasteiger partial charge in [0.2, 0.25) is 5.91 Å². The van der Waals surface area contributed by atoms with Crippen molar-refractivity contribution in [2.24, 2.45) is 0 Å². The molecule has 0 aliphatic carbocycles. The van der Waals surface area contributed by atoms with Crippen molar-refractivity contribution in [1.82, 2.24) is 10.2 Å².